The number of nitrogens with zero attached hydrogens (tertiary/aromatic N) is 2. The van der Waals surface area contributed by atoms with Crippen molar-refractivity contribution in [3.8, 4) is 11.5 Å². The van der Waals surface area contributed by atoms with E-state index in [1.165, 1.54) is 7.11 Å². The molecule has 0 fully saturated rings. The lowest BCUT2D eigenvalue weighted by molar-refractivity contribution is 0.329. The van der Waals surface area contributed by atoms with Crippen LogP contribution in [0.4, 0.5) is 0 Å². The molecule has 1 aliphatic rings. The molecular weight excluding hydrogens is 420 g/mol. The minimum absolute atomic E-state index is 0.443. The normalized spacial score (nSPS) is 17.2. The van der Waals surface area contributed by atoms with E-state index in [2.05, 4.69) is 21.0 Å². The van der Waals surface area contributed by atoms with E-state index in [0.29, 0.717) is 29.2 Å². The molecule has 0 amide bonds. The van der Waals surface area contributed by atoms with Crippen LogP contribution in [0.5, 0.6) is 11.5 Å². The van der Waals surface area contributed by atoms with Gasteiger partial charge in [0.15, 0.2) is 11.5 Å². The Kier molecular flexibility index (Phi) is 5.24. The predicted molar refractivity (Wildman–Crippen MR) is 104 cm³/mol. The zero-order valence-corrected chi connectivity index (χ0v) is 17.0. The number of hydrogen-bond acceptors (Lipinski definition) is 5. The molecule has 8 heteroatoms. The summed E-state index contributed by atoms with van der Waals surface area (Å²) >= 11 is 3.40. The third-order valence-electron chi connectivity index (χ3n) is 4.18. The summed E-state index contributed by atoms with van der Waals surface area (Å²) in [6, 6.07) is 12.6. The van der Waals surface area contributed by atoms with Gasteiger partial charge in [-0.15, -0.1) is 0 Å². The molecule has 2 aromatic carbocycles. The van der Waals surface area contributed by atoms with E-state index in [1.54, 1.807) is 13.2 Å². The van der Waals surface area contributed by atoms with E-state index in [4.69, 9.17) is 9.47 Å². The Bertz CT molecular complexity index is 942. The fraction of sp³-hybridized carbons (Fsp3) is 0.278. The van der Waals surface area contributed by atoms with E-state index in [1.807, 2.05) is 36.4 Å². The van der Waals surface area contributed by atoms with Gasteiger partial charge in [-0.25, -0.2) is 8.42 Å². The second kappa shape index (κ2) is 7.28. The first-order valence-corrected chi connectivity index (χ1v) is 10.5. The molecule has 0 saturated carbocycles. The van der Waals surface area contributed by atoms with E-state index in [-0.39, 0.29) is 0 Å². The summed E-state index contributed by atoms with van der Waals surface area (Å²) in [7, 11) is -0.464. The average Bonchev–Trinajstić information content (AvgIpc) is 3.07. The number of ether oxygens (including phenoxy) is 2. The minimum Gasteiger partial charge on any atom is -0.493 e. The van der Waals surface area contributed by atoms with Crippen LogP contribution in [0.1, 0.15) is 23.6 Å². The standard InChI is InChI=1S/C18H19BrN2O4S/c1-24-17-6-4-5-14(18(17)25-2)16-11-15(20-21(16)26(3,22)23)12-7-9-13(19)10-8-12/h4-10,16H,11H2,1-3H3. The van der Waals surface area contributed by atoms with Crippen LogP contribution < -0.4 is 9.47 Å². The molecule has 0 bridgehead atoms. The fourth-order valence-corrected chi connectivity index (χ4v) is 4.18. The van der Waals surface area contributed by atoms with Crippen molar-refractivity contribution in [2.24, 2.45) is 5.10 Å². The van der Waals surface area contributed by atoms with Crippen molar-refractivity contribution in [1.29, 1.82) is 0 Å². The molecule has 0 radical (unpaired) electrons. The molecule has 6 nitrogen and oxygen atoms in total. The highest BCUT2D eigenvalue weighted by Gasteiger charge is 2.36. The summed E-state index contributed by atoms with van der Waals surface area (Å²) in [6.07, 6.45) is 1.60. The zero-order chi connectivity index (χ0) is 18.9. The van der Waals surface area contributed by atoms with Gasteiger partial charge in [-0.3, -0.25) is 0 Å². The van der Waals surface area contributed by atoms with Crippen LogP contribution in [0.3, 0.4) is 0 Å². The van der Waals surface area contributed by atoms with Crippen LogP contribution in [0.25, 0.3) is 0 Å². The number of rotatable bonds is 5. The molecule has 1 atom stereocenters. The molecule has 1 aliphatic heterocycles. The Morgan fingerprint density at radius 3 is 2.38 bits per heavy atom. The Morgan fingerprint density at radius 2 is 1.81 bits per heavy atom. The molecule has 26 heavy (non-hydrogen) atoms. The molecule has 0 spiro atoms. The van der Waals surface area contributed by atoms with E-state index < -0.39 is 16.1 Å². The first kappa shape index (κ1) is 18.7. The topological polar surface area (TPSA) is 68.2 Å². The zero-order valence-electron chi connectivity index (χ0n) is 14.6. The van der Waals surface area contributed by atoms with Gasteiger partial charge < -0.3 is 9.47 Å². The van der Waals surface area contributed by atoms with Gasteiger partial charge in [0, 0.05) is 16.5 Å². The number of para-hydroxylation sites is 1. The van der Waals surface area contributed by atoms with Gasteiger partial charge in [0.05, 0.1) is 32.2 Å². The molecule has 3 rings (SSSR count). The van der Waals surface area contributed by atoms with Crippen molar-refractivity contribution in [2.45, 2.75) is 12.5 Å². The predicted octanol–water partition coefficient (Wildman–Crippen LogP) is 3.58. The van der Waals surface area contributed by atoms with Gasteiger partial charge in [-0.05, 0) is 23.8 Å². The Hall–Kier alpha value is -2.06. The van der Waals surface area contributed by atoms with Gasteiger partial charge >= 0.3 is 0 Å². The number of halogens is 1. The monoisotopic (exact) mass is 438 g/mol. The maximum atomic E-state index is 12.3. The van der Waals surface area contributed by atoms with Gasteiger partial charge in [0.2, 0.25) is 10.0 Å². The van der Waals surface area contributed by atoms with Crippen molar-refractivity contribution < 1.29 is 17.9 Å². The molecule has 0 aromatic heterocycles. The van der Waals surface area contributed by atoms with E-state index >= 15 is 0 Å². The SMILES string of the molecule is COc1cccc(C2CC(c3ccc(Br)cc3)=NN2S(C)(=O)=O)c1OC. The summed E-state index contributed by atoms with van der Waals surface area (Å²) in [5.41, 5.74) is 2.30. The van der Waals surface area contributed by atoms with Crippen LogP contribution in [0, 0.1) is 0 Å². The van der Waals surface area contributed by atoms with Crippen molar-refractivity contribution in [2.75, 3.05) is 20.5 Å². The highest BCUT2D eigenvalue weighted by Crippen LogP contribution is 2.42. The first-order chi connectivity index (χ1) is 12.3. The lowest BCUT2D eigenvalue weighted by Gasteiger charge is -2.23. The van der Waals surface area contributed by atoms with Gasteiger partial charge in [-0.1, -0.05) is 40.2 Å². The Morgan fingerprint density at radius 1 is 1.12 bits per heavy atom. The third-order valence-corrected chi connectivity index (χ3v) is 5.73. The van der Waals surface area contributed by atoms with Gasteiger partial charge in [0.1, 0.15) is 0 Å². The molecule has 138 valence electrons. The summed E-state index contributed by atoms with van der Waals surface area (Å²) in [4.78, 5) is 0. The molecule has 0 aliphatic carbocycles. The number of hydrogen-bond donors (Lipinski definition) is 0. The van der Waals surface area contributed by atoms with Crippen LogP contribution in [-0.4, -0.2) is 39.0 Å². The maximum absolute atomic E-state index is 12.3. The Labute approximate surface area is 161 Å². The molecule has 1 unspecified atom stereocenters. The highest BCUT2D eigenvalue weighted by molar-refractivity contribution is 9.10. The van der Waals surface area contributed by atoms with E-state index in [0.717, 1.165) is 20.7 Å². The quantitative estimate of drug-likeness (QED) is 0.715. The van der Waals surface area contributed by atoms with E-state index in [9.17, 15) is 8.42 Å². The van der Waals surface area contributed by atoms with Crippen molar-refractivity contribution in [3.05, 3.63) is 58.1 Å². The van der Waals surface area contributed by atoms with Crippen LogP contribution >= 0.6 is 15.9 Å². The summed E-state index contributed by atoms with van der Waals surface area (Å²) < 4.78 is 37.6. The largest absolute Gasteiger partial charge is 0.493 e. The number of sulfonamides is 1. The second-order valence-corrected chi connectivity index (χ2v) is 8.65. The average molecular weight is 439 g/mol. The van der Waals surface area contributed by atoms with Crippen LogP contribution in [-0.2, 0) is 10.0 Å². The second-order valence-electron chi connectivity index (χ2n) is 5.89. The molecule has 2 aromatic rings. The lowest BCUT2D eigenvalue weighted by atomic mass is 9.98. The van der Waals surface area contributed by atoms with Crippen molar-refractivity contribution >= 4 is 31.7 Å². The third kappa shape index (κ3) is 3.57. The maximum Gasteiger partial charge on any atom is 0.247 e. The summed E-state index contributed by atoms with van der Waals surface area (Å²) in [6.45, 7) is 0. The highest BCUT2D eigenvalue weighted by atomic mass is 79.9. The van der Waals surface area contributed by atoms with Gasteiger partial charge in [0.25, 0.3) is 0 Å². The Balaban J connectivity index is 2.07. The number of methoxy groups -OCH3 is 2. The van der Waals surface area contributed by atoms with Crippen LogP contribution in [0.15, 0.2) is 52.0 Å². The molecular formula is C18H19BrN2O4S. The van der Waals surface area contributed by atoms with Crippen molar-refractivity contribution in [3.63, 3.8) is 0 Å². The first-order valence-electron chi connectivity index (χ1n) is 7.89. The minimum atomic E-state index is -3.55. The number of hydrazone groups is 1. The fourth-order valence-electron chi connectivity index (χ4n) is 3.02. The summed E-state index contributed by atoms with van der Waals surface area (Å²) in [5.74, 6) is 1.07. The number of benzene rings is 2. The molecule has 1 heterocycles. The van der Waals surface area contributed by atoms with Crippen molar-refractivity contribution in [1.82, 2.24) is 4.41 Å². The summed E-state index contributed by atoms with van der Waals surface area (Å²) in [5, 5.41) is 4.40. The van der Waals surface area contributed by atoms with Gasteiger partial charge in [-0.2, -0.15) is 9.52 Å². The van der Waals surface area contributed by atoms with Crippen LogP contribution in [0.2, 0.25) is 0 Å². The lowest BCUT2D eigenvalue weighted by Crippen LogP contribution is -2.26. The smallest absolute Gasteiger partial charge is 0.247 e. The molecule has 0 N–H and O–H groups in total. The molecule has 0 saturated heterocycles.